The number of aryl methyl sites for hydroxylation is 1. The summed E-state index contributed by atoms with van der Waals surface area (Å²) in [6, 6.07) is 28.9. The summed E-state index contributed by atoms with van der Waals surface area (Å²) in [6.07, 6.45) is 1.50. The lowest BCUT2D eigenvalue weighted by atomic mass is 9.90. The molecule has 3 aromatic rings. The Labute approximate surface area is 199 Å². The van der Waals surface area contributed by atoms with Crippen molar-refractivity contribution in [3.8, 4) is 0 Å². The van der Waals surface area contributed by atoms with E-state index in [9.17, 15) is 14.7 Å². The maximum absolute atomic E-state index is 13.8. The van der Waals surface area contributed by atoms with Crippen molar-refractivity contribution in [3.05, 3.63) is 108 Å². The second-order valence-electron chi connectivity index (χ2n) is 8.51. The first kappa shape index (κ1) is 23.1. The molecule has 170 valence electrons. The highest BCUT2D eigenvalue weighted by atomic mass is 32.2. The van der Waals surface area contributed by atoms with Gasteiger partial charge in [-0.1, -0.05) is 91.0 Å². The van der Waals surface area contributed by atoms with Crippen molar-refractivity contribution in [1.82, 2.24) is 4.90 Å². The van der Waals surface area contributed by atoms with E-state index in [4.69, 9.17) is 0 Å². The van der Waals surface area contributed by atoms with Gasteiger partial charge in [0.1, 0.15) is 6.04 Å². The van der Waals surface area contributed by atoms with Crippen molar-refractivity contribution in [1.29, 1.82) is 0 Å². The van der Waals surface area contributed by atoms with Crippen LogP contribution in [-0.4, -0.2) is 46.0 Å². The van der Waals surface area contributed by atoms with Gasteiger partial charge in [-0.2, -0.15) is 11.8 Å². The van der Waals surface area contributed by atoms with E-state index in [1.165, 1.54) is 5.56 Å². The standard InChI is InChI=1S/C28H29NO3S/c30-27(26(23-12-6-2-7-13-23)24-14-8-3-9-15-24)29-19-22(18-25(29)28(31)32)20-33-17-16-21-10-4-1-5-11-21/h1-15,22,25-26H,16-20H2,(H,31,32)/t22-,25-/m1/s1. The summed E-state index contributed by atoms with van der Waals surface area (Å²) in [7, 11) is 0. The monoisotopic (exact) mass is 459 g/mol. The van der Waals surface area contributed by atoms with Gasteiger partial charge >= 0.3 is 5.97 Å². The van der Waals surface area contributed by atoms with Crippen molar-refractivity contribution in [2.75, 3.05) is 18.1 Å². The average molecular weight is 460 g/mol. The van der Waals surface area contributed by atoms with Crippen LogP contribution in [-0.2, 0) is 16.0 Å². The molecule has 1 aliphatic heterocycles. The number of likely N-dealkylation sites (tertiary alicyclic amines) is 1. The number of thioether (sulfide) groups is 1. The molecular formula is C28H29NO3S. The van der Waals surface area contributed by atoms with Crippen LogP contribution in [0.5, 0.6) is 0 Å². The van der Waals surface area contributed by atoms with Gasteiger partial charge < -0.3 is 10.0 Å². The smallest absolute Gasteiger partial charge is 0.326 e. The molecule has 3 aromatic carbocycles. The third kappa shape index (κ3) is 5.85. The van der Waals surface area contributed by atoms with E-state index in [-0.39, 0.29) is 11.8 Å². The highest BCUT2D eigenvalue weighted by Crippen LogP contribution is 2.33. The maximum atomic E-state index is 13.8. The molecule has 1 heterocycles. The first-order valence-electron chi connectivity index (χ1n) is 11.4. The van der Waals surface area contributed by atoms with Gasteiger partial charge in [0, 0.05) is 6.54 Å². The number of hydrogen-bond donors (Lipinski definition) is 1. The lowest BCUT2D eigenvalue weighted by Crippen LogP contribution is -2.43. The van der Waals surface area contributed by atoms with Gasteiger partial charge in [-0.15, -0.1) is 0 Å². The topological polar surface area (TPSA) is 57.6 Å². The lowest BCUT2D eigenvalue weighted by molar-refractivity contribution is -0.148. The Balaban J connectivity index is 1.46. The Morgan fingerprint density at radius 2 is 1.42 bits per heavy atom. The van der Waals surface area contributed by atoms with Gasteiger partial charge in [0.05, 0.1) is 5.92 Å². The van der Waals surface area contributed by atoms with Gasteiger partial charge in [0.15, 0.2) is 0 Å². The Hall–Kier alpha value is -3.05. The highest BCUT2D eigenvalue weighted by Gasteiger charge is 2.42. The minimum absolute atomic E-state index is 0.128. The van der Waals surface area contributed by atoms with E-state index in [1.807, 2.05) is 90.6 Å². The molecule has 0 saturated carbocycles. The quantitative estimate of drug-likeness (QED) is 0.453. The molecule has 0 spiro atoms. The van der Waals surface area contributed by atoms with Gasteiger partial charge in [-0.3, -0.25) is 4.79 Å². The molecular weight excluding hydrogens is 430 g/mol. The number of amides is 1. The molecule has 0 radical (unpaired) electrons. The Morgan fingerprint density at radius 3 is 1.97 bits per heavy atom. The normalized spacial score (nSPS) is 17.9. The van der Waals surface area contributed by atoms with Crippen molar-refractivity contribution < 1.29 is 14.7 Å². The van der Waals surface area contributed by atoms with Gasteiger partial charge in [-0.05, 0) is 47.0 Å². The van der Waals surface area contributed by atoms with Crippen LogP contribution < -0.4 is 0 Å². The minimum atomic E-state index is -0.917. The number of carboxylic acid groups (broad SMARTS) is 1. The van der Waals surface area contributed by atoms with E-state index in [1.54, 1.807) is 4.90 Å². The zero-order valence-electron chi connectivity index (χ0n) is 18.5. The predicted molar refractivity (Wildman–Crippen MR) is 133 cm³/mol. The molecule has 1 amide bonds. The van der Waals surface area contributed by atoms with Crippen LogP contribution in [0.2, 0.25) is 0 Å². The van der Waals surface area contributed by atoms with E-state index < -0.39 is 17.9 Å². The van der Waals surface area contributed by atoms with Gasteiger partial charge in [0.2, 0.25) is 5.91 Å². The van der Waals surface area contributed by atoms with Crippen LogP contribution in [0.25, 0.3) is 0 Å². The molecule has 5 heteroatoms. The number of carbonyl (C=O) groups is 2. The molecule has 0 aromatic heterocycles. The van der Waals surface area contributed by atoms with E-state index in [0.717, 1.165) is 29.1 Å². The predicted octanol–water partition coefficient (Wildman–Crippen LogP) is 5.10. The van der Waals surface area contributed by atoms with Crippen LogP contribution in [0.3, 0.4) is 0 Å². The molecule has 33 heavy (non-hydrogen) atoms. The number of benzene rings is 3. The van der Waals surface area contributed by atoms with E-state index in [0.29, 0.717) is 13.0 Å². The van der Waals surface area contributed by atoms with Gasteiger partial charge in [0.25, 0.3) is 0 Å². The molecule has 1 saturated heterocycles. The van der Waals surface area contributed by atoms with Crippen molar-refractivity contribution in [3.63, 3.8) is 0 Å². The summed E-state index contributed by atoms with van der Waals surface area (Å²) >= 11 is 1.84. The molecule has 2 atom stereocenters. The second kappa shape index (κ2) is 11.2. The summed E-state index contributed by atoms with van der Waals surface area (Å²) < 4.78 is 0. The van der Waals surface area contributed by atoms with Crippen LogP contribution >= 0.6 is 11.8 Å². The van der Waals surface area contributed by atoms with Crippen LogP contribution in [0.4, 0.5) is 0 Å². The number of carboxylic acids is 1. The summed E-state index contributed by atoms with van der Waals surface area (Å²) in [5.41, 5.74) is 3.09. The largest absolute Gasteiger partial charge is 0.480 e. The Bertz CT molecular complexity index is 1000. The number of hydrogen-bond acceptors (Lipinski definition) is 3. The molecule has 1 aliphatic rings. The number of carbonyl (C=O) groups excluding carboxylic acids is 1. The Morgan fingerprint density at radius 1 is 0.879 bits per heavy atom. The molecule has 1 fully saturated rings. The highest BCUT2D eigenvalue weighted by molar-refractivity contribution is 7.99. The Kier molecular flexibility index (Phi) is 7.84. The third-order valence-corrected chi connectivity index (χ3v) is 7.40. The zero-order chi connectivity index (χ0) is 23.0. The lowest BCUT2D eigenvalue weighted by Gasteiger charge is -2.27. The summed E-state index contributed by atoms with van der Waals surface area (Å²) in [5, 5.41) is 9.89. The summed E-state index contributed by atoms with van der Waals surface area (Å²) in [5.74, 6) is 0.489. The number of nitrogens with zero attached hydrogens (tertiary/aromatic N) is 1. The molecule has 0 bridgehead atoms. The van der Waals surface area contributed by atoms with Crippen LogP contribution in [0.1, 0.15) is 29.0 Å². The number of aliphatic carboxylic acids is 1. The maximum Gasteiger partial charge on any atom is 0.326 e. The second-order valence-corrected chi connectivity index (χ2v) is 9.66. The van der Waals surface area contributed by atoms with Gasteiger partial charge in [-0.25, -0.2) is 4.79 Å². The van der Waals surface area contributed by atoms with Crippen LogP contribution in [0, 0.1) is 5.92 Å². The fourth-order valence-electron chi connectivity index (χ4n) is 4.54. The van der Waals surface area contributed by atoms with Crippen molar-refractivity contribution in [2.24, 2.45) is 5.92 Å². The van der Waals surface area contributed by atoms with E-state index >= 15 is 0 Å². The molecule has 4 rings (SSSR count). The fourth-order valence-corrected chi connectivity index (χ4v) is 5.66. The molecule has 4 nitrogen and oxygen atoms in total. The zero-order valence-corrected chi connectivity index (χ0v) is 19.4. The van der Waals surface area contributed by atoms with Crippen LogP contribution in [0.15, 0.2) is 91.0 Å². The first-order valence-corrected chi connectivity index (χ1v) is 12.5. The fraction of sp³-hybridized carbons (Fsp3) is 0.286. The SMILES string of the molecule is O=C(O)[C@H]1C[C@@H](CSCCc2ccccc2)CN1C(=O)C(c1ccccc1)c1ccccc1. The minimum Gasteiger partial charge on any atom is -0.480 e. The molecule has 1 N–H and O–H groups in total. The van der Waals surface area contributed by atoms with E-state index in [2.05, 4.69) is 12.1 Å². The third-order valence-electron chi connectivity index (χ3n) is 6.20. The first-order chi connectivity index (χ1) is 16.1. The molecule has 0 aliphatic carbocycles. The number of rotatable bonds is 9. The average Bonchev–Trinajstić information content (AvgIpc) is 3.29. The van der Waals surface area contributed by atoms with Crippen molar-refractivity contribution >= 4 is 23.6 Å². The summed E-state index contributed by atoms with van der Waals surface area (Å²) in [6.45, 7) is 0.490. The van der Waals surface area contributed by atoms with Crippen molar-refractivity contribution in [2.45, 2.75) is 24.8 Å². The summed E-state index contributed by atoms with van der Waals surface area (Å²) in [4.78, 5) is 27.5. The molecule has 0 unspecified atom stereocenters.